The maximum Gasteiger partial charge on any atom is 0.412 e. The van der Waals surface area contributed by atoms with Crippen molar-refractivity contribution < 1.29 is 29.0 Å². The third kappa shape index (κ3) is 6.00. The smallest absolute Gasteiger partial charge is 0.412 e. The lowest BCUT2D eigenvalue weighted by Crippen LogP contribution is -2.51. The van der Waals surface area contributed by atoms with Crippen LogP contribution in [0.15, 0.2) is 72.8 Å². The zero-order valence-electron chi connectivity index (χ0n) is 21.6. The molecule has 3 aromatic rings. The number of esters is 1. The second-order valence-corrected chi connectivity index (χ2v) is 10.1. The molecule has 0 aliphatic carbocycles. The zero-order chi connectivity index (χ0) is 27.5. The first-order valence-corrected chi connectivity index (χ1v) is 12.3. The molecule has 0 radical (unpaired) electrons. The Hall–Kier alpha value is -4.24. The van der Waals surface area contributed by atoms with Gasteiger partial charge in [-0.05, 0) is 44.0 Å². The molecule has 1 saturated heterocycles. The highest BCUT2D eigenvalue weighted by Crippen LogP contribution is 2.42. The molecule has 0 bridgehead atoms. The Labute approximate surface area is 221 Å². The molecule has 2 atom stereocenters. The average molecular weight is 518 g/mol. The quantitative estimate of drug-likeness (QED) is 0.335. The van der Waals surface area contributed by atoms with Gasteiger partial charge in [-0.15, -0.1) is 0 Å². The number of hydrogen-bond donors (Lipinski definition) is 2. The number of primary amides is 1. The molecular weight excluding hydrogens is 486 g/mol. The summed E-state index contributed by atoms with van der Waals surface area (Å²) in [5, 5.41) is 10.6. The number of nitrogens with zero attached hydrogens (tertiary/aromatic N) is 2. The molecule has 2 heterocycles. The minimum absolute atomic E-state index is 0.0391. The molecule has 3 N–H and O–H groups in total. The lowest BCUT2D eigenvalue weighted by atomic mass is 9.80. The van der Waals surface area contributed by atoms with Crippen LogP contribution in [0.4, 0.5) is 9.59 Å². The van der Waals surface area contributed by atoms with Gasteiger partial charge in [-0.25, -0.2) is 19.4 Å². The first-order chi connectivity index (χ1) is 18.0. The number of carbonyl (C=O) groups excluding carboxylic acids is 3. The third-order valence-electron chi connectivity index (χ3n) is 6.60. The van der Waals surface area contributed by atoms with E-state index in [4.69, 9.17) is 10.5 Å². The fourth-order valence-electron chi connectivity index (χ4n) is 4.86. The van der Waals surface area contributed by atoms with E-state index in [1.807, 2.05) is 61.5 Å². The van der Waals surface area contributed by atoms with Gasteiger partial charge in [-0.1, -0.05) is 60.7 Å². The minimum Gasteiger partial charge on any atom is -0.438 e. The van der Waals surface area contributed by atoms with E-state index in [9.17, 15) is 19.5 Å². The van der Waals surface area contributed by atoms with Crippen molar-refractivity contribution in [1.29, 1.82) is 0 Å². The van der Waals surface area contributed by atoms with E-state index in [1.54, 1.807) is 30.9 Å². The van der Waals surface area contributed by atoms with Crippen LogP contribution in [0.2, 0.25) is 0 Å². The van der Waals surface area contributed by atoms with Gasteiger partial charge in [0.2, 0.25) is 0 Å². The Balaban J connectivity index is 1.51. The van der Waals surface area contributed by atoms with E-state index in [0.717, 1.165) is 16.7 Å². The molecule has 9 heteroatoms. The number of nitrogens with two attached hydrogens (primary N) is 1. The lowest BCUT2D eigenvalue weighted by Gasteiger charge is -2.45. The minimum atomic E-state index is -1.20. The van der Waals surface area contributed by atoms with Crippen molar-refractivity contribution >= 4 is 18.2 Å². The van der Waals surface area contributed by atoms with Crippen LogP contribution >= 0.6 is 0 Å². The molecule has 38 heavy (non-hydrogen) atoms. The van der Waals surface area contributed by atoms with E-state index in [2.05, 4.69) is 9.72 Å². The van der Waals surface area contributed by atoms with Crippen molar-refractivity contribution in [2.75, 3.05) is 6.54 Å². The van der Waals surface area contributed by atoms with Gasteiger partial charge in [0.1, 0.15) is 11.3 Å². The number of cyclic esters (lactones) is 1. The number of hydrogen-bond acceptors (Lipinski definition) is 7. The SMILES string of the molecule is CC(c1ccc(-c2cccc(C(=O)OC(N)=O)n2)cc1)N1CCC(CC(C)(C)O)(c2ccccc2)OC1=O. The van der Waals surface area contributed by atoms with Crippen LogP contribution in [0.1, 0.15) is 61.3 Å². The van der Waals surface area contributed by atoms with Gasteiger partial charge in [0.25, 0.3) is 0 Å². The van der Waals surface area contributed by atoms with Crippen molar-refractivity contribution in [3.05, 3.63) is 89.6 Å². The normalized spacial score (nSPS) is 18.4. The van der Waals surface area contributed by atoms with Gasteiger partial charge < -0.3 is 25.2 Å². The van der Waals surface area contributed by atoms with E-state index >= 15 is 0 Å². The fourth-order valence-corrected chi connectivity index (χ4v) is 4.86. The van der Waals surface area contributed by atoms with Gasteiger partial charge in [0, 0.05) is 24.9 Å². The van der Waals surface area contributed by atoms with Crippen LogP contribution in [0, 0.1) is 0 Å². The third-order valence-corrected chi connectivity index (χ3v) is 6.60. The monoisotopic (exact) mass is 517 g/mol. The van der Waals surface area contributed by atoms with Gasteiger partial charge >= 0.3 is 18.2 Å². The second-order valence-electron chi connectivity index (χ2n) is 10.1. The maximum atomic E-state index is 13.3. The first-order valence-electron chi connectivity index (χ1n) is 12.3. The lowest BCUT2D eigenvalue weighted by molar-refractivity contribution is -0.101. The Bertz CT molecular complexity index is 1320. The highest BCUT2D eigenvalue weighted by Gasteiger charge is 2.46. The summed E-state index contributed by atoms with van der Waals surface area (Å²) in [5.41, 5.74) is 5.94. The van der Waals surface area contributed by atoms with Crippen LogP contribution in [-0.4, -0.2) is 45.3 Å². The molecule has 2 unspecified atom stereocenters. The average Bonchev–Trinajstić information content (AvgIpc) is 2.88. The second kappa shape index (κ2) is 10.6. The van der Waals surface area contributed by atoms with Gasteiger partial charge in [0.05, 0.1) is 17.3 Å². The van der Waals surface area contributed by atoms with Crippen LogP contribution < -0.4 is 5.73 Å². The molecule has 1 aliphatic heterocycles. The molecule has 2 amide bonds. The Morgan fingerprint density at radius 3 is 2.39 bits per heavy atom. The highest BCUT2D eigenvalue weighted by atomic mass is 16.6. The summed E-state index contributed by atoms with van der Waals surface area (Å²) >= 11 is 0. The Morgan fingerprint density at radius 2 is 1.79 bits per heavy atom. The molecule has 1 fully saturated rings. The summed E-state index contributed by atoms with van der Waals surface area (Å²) in [6.07, 6.45) is -0.819. The fraction of sp³-hybridized carbons (Fsp3) is 0.310. The molecule has 0 spiro atoms. The number of rotatable bonds is 7. The van der Waals surface area contributed by atoms with Crippen LogP contribution in [0.25, 0.3) is 11.3 Å². The van der Waals surface area contributed by atoms with E-state index in [0.29, 0.717) is 18.7 Å². The number of ether oxygens (including phenoxy) is 2. The molecule has 1 aliphatic rings. The Kier molecular flexibility index (Phi) is 7.50. The highest BCUT2D eigenvalue weighted by molar-refractivity contribution is 5.94. The summed E-state index contributed by atoms with van der Waals surface area (Å²) in [6.45, 7) is 5.82. The number of carbonyl (C=O) groups is 3. The van der Waals surface area contributed by atoms with E-state index in [1.165, 1.54) is 6.07 Å². The number of aliphatic hydroxyl groups is 1. The van der Waals surface area contributed by atoms with Crippen molar-refractivity contribution in [1.82, 2.24) is 9.88 Å². The molecule has 198 valence electrons. The molecular formula is C29H31N3O6. The Morgan fingerprint density at radius 1 is 1.11 bits per heavy atom. The van der Waals surface area contributed by atoms with Gasteiger partial charge in [-0.2, -0.15) is 0 Å². The van der Waals surface area contributed by atoms with Crippen LogP contribution in [0.3, 0.4) is 0 Å². The van der Waals surface area contributed by atoms with Crippen molar-refractivity contribution in [2.45, 2.75) is 50.9 Å². The van der Waals surface area contributed by atoms with Crippen molar-refractivity contribution in [2.24, 2.45) is 5.73 Å². The number of benzene rings is 2. The first kappa shape index (κ1) is 26.8. The van der Waals surface area contributed by atoms with Crippen LogP contribution in [0.5, 0.6) is 0 Å². The van der Waals surface area contributed by atoms with Crippen molar-refractivity contribution in [3.63, 3.8) is 0 Å². The summed E-state index contributed by atoms with van der Waals surface area (Å²) in [6, 6.07) is 21.5. The van der Waals surface area contributed by atoms with Gasteiger partial charge in [0.15, 0.2) is 0 Å². The largest absolute Gasteiger partial charge is 0.438 e. The van der Waals surface area contributed by atoms with Gasteiger partial charge in [-0.3, -0.25) is 0 Å². The zero-order valence-corrected chi connectivity index (χ0v) is 21.6. The number of pyridine rings is 1. The standard InChI is InChI=1S/C29H31N3O6/c1-19(20-12-14-21(15-13-20)23-10-7-11-24(31-23)25(33)37-26(30)34)32-17-16-29(38-27(32)35,18-28(2,3)36)22-8-5-4-6-9-22/h4-15,19,36H,16-18H2,1-3H3,(H2,30,34). The van der Waals surface area contributed by atoms with E-state index in [-0.39, 0.29) is 18.2 Å². The molecule has 9 nitrogen and oxygen atoms in total. The molecule has 0 saturated carbocycles. The number of amides is 2. The topological polar surface area (TPSA) is 132 Å². The maximum absolute atomic E-state index is 13.3. The van der Waals surface area contributed by atoms with Crippen LogP contribution in [-0.2, 0) is 15.1 Å². The summed E-state index contributed by atoms with van der Waals surface area (Å²) < 4.78 is 10.5. The number of aromatic nitrogens is 1. The predicted molar refractivity (Wildman–Crippen MR) is 140 cm³/mol. The molecule has 4 rings (SSSR count). The predicted octanol–water partition coefficient (Wildman–Crippen LogP) is 4.94. The summed E-state index contributed by atoms with van der Waals surface area (Å²) in [4.78, 5) is 42.0. The molecule has 1 aromatic heterocycles. The summed E-state index contributed by atoms with van der Waals surface area (Å²) in [7, 11) is 0. The van der Waals surface area contributed by atoms with Crippen molar-refractivity contribution in [3.8, 4) is 11.3 Å². The van der Waals surface area contributed by atoms with E-state index < -0.39 is 29.4 Å². The molecule has 2 aromatic carbocycles. The summed E-state index contributed by atoms with van der Waals surface area (Å²) in [5.74, 6) is -0.927.